The van der Waals surface area contributed by atoms with Crippen LogP contribution in [0.4, 0.5) is 5.95 Å². The zero-order chi connectivity index (χ0) is 13.0. The molecule has 0 saturated carbocycles. The number of nitrogens with one attached hydrogen (secondary N) is 1. The highest BCUT2D eigenvalue weighted by molar-refractivity contribution is 5.38. The molecule has 0 aliphatic rings. The summed E-state index contributed by atoms with van der Waals surface area (Å²) in [6, 6.07) is 7.27. The molecular formula is C12H14N4O2. The van der Waals surface area contributed by atoms with Gasteiger partial charge in [0.05, 0.1) is 7.11 Å². The van der Waals surface area contributed by atoms with Gasteiger partial charge in [-0.3, -0.25) is 5.43 Å². The van der Waals surface area contributed by atoms with Gasteiger partial charge in [-0.1, -0.05) is 6.07 Å². The number of nitrogens with zero attached hydrogens (tertiary/aromatic N) is 2. The first kappa shape index (κ1) is 12.1. The molecule has 1 aromatic carbocycles. The minimum absolute atomic E-state index is 0.304. The molecule has 0 amide bonds. The summed E-state index contributed by atoms with van der Waals surface area (Å²) >= 11 is 0. The molecule has 6 nitrogen and oxygen atoms in total. The molecule has 0 spiro atoms. The number of benzene rings is 1. The van der Waals surface area contributed by atoms with E-state index in [0.29, 0.717) is 17.6 Å². The fraction of sp³-hybridized carbons (Fsp3) is 0.167. The predicted octanol–water partition coefficient (Wildman–Crippen LogP) is 1.87. The van der Waals surface area contributed by atoms with Gasteiger partial charge >= 0.3 is 0 Å². The first-order chi connectivity index (χ1) is 8.72. The van der Waals surface area contributed by atoms with Crippen molar-refractivity contribution in [3.05, 3.63) is 36.0 Å². The highest BCUT2D eigenvalue weighted by Crippen LogP contribution is 2.26. The number of anilines is 1. The largest absolute Gasteiger partial charge is 0.497 e. The van der Waals surface area contributed by atoms with Gasteiger partial charge in [-0.2, -0.15) is 4.98 Å². The molecule has 0 radical (unpaired) electrons. The average molecular weight is 246 g/mol. The first-order valence-corrected chi connectivity index (χ1v) is 5.35. The maximum absolute atomic E-state index is 5.67. The molecule has 0 aliphatic carbocycles. The molecule has 0 bridgehead atoms. The third-order valence-corrected chi connectivity index (χ3v) is 2.31. The number of ether oxygens (including phenoxy) is 2. The lowest BCUT2D eigenvalue weighted by Crippen LogP contribution is -2.11. The molecule has 6 heteroatoms. The molecule has 0 atom stereocenters. The SMILES string of the molecule is COc1cccc(Oc2nc(NN)ncc2C)c1. The van der Waals surface area contributed by atoms with E-state index in [4.69, 9.17) is 15.3 Å². The second-order valence-electron chi connectivity index (χ2n) is 3.61. The number of nitrogens with two attached hydrogens (primary N) is 1. The fourth-order valence-corrected chi connectivity index (χ4v) is 1.38. The Bertz CT molecular complexity index is 545. The summed E-state index contributed by atoms with van der Waals surface area (Å²) in [5, 5.41) is 0. The van der Waals surface area contributed by atoms with E-state index in [0.717, 1.165) is 11.3 Å². The lowest BCUT2D eigenvalue weighted by Gasteiger charge is -2.09. The number of aromatic nitrogens is 2. The Kier molecular flexibility index (Phi) is 3.59. The first-order valence-electron chi connectivity index (χ1n) is 5.35. The van der Waals surface area contributed by atoms with Crippen molar-refractivity contribution in [2.24, 2.45) is 5.84 Å². The maximum atomic E-state index is 5.67. The van der Waals surface area contributed by atoms with Crippen LogP contribution in [0.5, 0.6) is 17.4 Å². The highest BCUT2D eigenvalue weighted by Gasteiger charge is 2.06. The minimum atomic E-state index is 0.304. The van der Waals surface area contributed by atoms with E-state index in [-0.39, 0.29) is 0 Å². The molecule has 0 saturated heterocycles. The van der Waals surface area contributed by atoms with E-state index < -0.39 is 0 Å². The van der Waals surface area contributed by atoms with Crippen LogP contribution in [0.3, 0.4) is 0 Å². The van der Waals surface area contributed by atoms with Gasteiger partial charge in [-0.05, 0) is 19.1 Å². The molecule has 2 rings (SSSR count). The molecule has 1 heterocycles. The summed E-state index contributed by atoms with van der Waals surface area (Å²) in [5.41, 5.74) is 3.19. The van der Waals surface area contributed by atoms with Gasteiger partial charge in [0.15, 0.2) is 0 Å². The minimum Gasteiger partial charge on any atom is -0.497 e. The Morgan fingerprint density at radius 1 is 1.28 bits per heavy atom. The number of hydrogen-bond donors (Lipinski definition) is 2. The predicted molar refractivity (Wildman–Crippen MR) is 67.6 cm³/mol. The van der Waals surface area contributed by atoms with Crippen molar-refractivity contribution in [2.45, 2.75) is 6.92 Å². The number of methoxy groups -OCH3 is 1. The smallest absolute Gasteiger partial charge is 0.240 e. The van der Waals surface area contributed by atoms with Crippen molar-refractivity contribution in [3.8, 4) is 17.4 Å². The third-order valence-electron chi connectivity index (χ3n) is 2.31. The second-order valence-corrected chi connectivity index (χ2v) is 3.61. The van der Waals surface area contributed by atoms with E-state index in [1.54, 1.807) is 19.4 Å². The van der Waals surface area contributed by atoms with Crippen LogP contribution < -0.4 is 20.7 Å². The summed E-state index contributed by atoms with van der Waals surface area (Å²) < 4.78 is 10.8. The molecular weight excluding hydrogens is 232 g/mol. The monoisotopic (exact) mass is 246 g/mol. The van der Waals surface area contributed by atoms with Gasteiger partial charge in [-0.25, -0.2) is 10.8 Å². The molecule has 3 N–H and O–H groups in total. The van der Waals surface area contributed by atoms with Crippen LogP contribution in [0.15, 0.2) is 30.5 Å². The summed E-state index contributed by atoms with van der Waals surface area (Å²) in [6.07, 6.45) is 1.64. The summed E-state index contributed by atoms with van der Waals surface area (Å²) in [7, 11) is 1.60. The van der Waals surface area contributed by atoms with Crippen molar-refractivity contribution >= 4 is 5.95 Å². The molecule has 18 heavy (non-hydrogen) atoms. The van der Waals surface area contributed by atoms with E-state index in [2.05, 4.69) is 15.4 Å². The molecule has 94 valence electrons. The van der Waals surface area contributed by atoms with Crippen LogP contribution in [-0.4, -0.2) is 17.1 Å². The van der Waals surface area contributed by atoms with Crippen molar-refractivity contribution < 1.29 is 9.47 Å². The number of nitrogen functional groups attached to an aromatic ring is 1. The Balaban J connectivity index is 2.27. The quantitative estimate of drug-likeness (QED) is 0.633. The van der Waals surface area contributed by atoms with Crippen molar-refractivity contribution in [1.82, 2.24) is 9.97 Å². The molecule has 0 aliphatic heterocycles. The van der Waals surface area contributed by atoms with E-state index in [1.807, 2.05) is 25.1 Å². The lowest BCUT2D eigenvalue weighted by atomic mass is 10.3. The number of rotatable bonds is 4. The van der Waals surface area contributed by atoms with Crippen molar-refractivity contribution in [2.75, 3.05) is 12.5 Å². The van der Waals surface area contributed by atoms with Gasteiger partial charge in [0.1, 0.15) is 11.5 Å². The van der Waals surface area contributed by atoms with Gasteiger partial charge < -0.3 is 9.47 Å². The normalized spacial score (nSPS) is 9.94. The van der Waals surface area contributed by atoms with Gasteiger partial charge in [0.25, 0.3) is 0 Å². The highest BCUT2D eigenvalue weighted by atomic mass is 16.5. The number of hydrogen-bond acceptors (Lipinski definition) is 6. The van der Waals surface area contributed by atoms with Gasteiger partial charge in [0.2, 0.25) is 11.8 Å². The molecule has 0 fully saturated rings. The zero-order valence-electron chi connectivity index (χ0n) is 10.2. The Labute approximate surface area is 105 Å². The van der Waals surface area contributed by atoms with E-state index >= 15 is 0 Å². The van der Waals surface area contributed by atoms with Crippen molar-refractivity contribution in [1.29, 1.82) is 0 Å². The lowest BCUT2D eigenvalue weighted by molar-refractivity contribution is 0.407. The number of aryl methyl sites for hydroxylation is 1. The van der Waals surface area contributed by atoms with Gasteiger partial charge in [-0.15, -0.1) is 0 Å². The summed E-state index contributed by atoms with van der Waals surface area (Å²) in [4.78, 5) is 8.11. The topological polar surface area (TPSA) is 82.3 Å². The van der Waals surface area contributed by atoms with Crippen molar-refractivity contribution in [3.63, 3.8) is 0 Å². The van der Waals surface area contributed by atoms with Crippen LogP contribution in [0.1, 0.15) is 5.56 Å². The van der Waals surface area contributed by atoms with Gasteiger partial charge in [0, 0.05) is 17.8 Å². The van der Waals surface area contributed by atoms with Crippen LogP contribution in [-0.2, 0) is 0 Å². The summed E-state index contributed by atoms with van der Waals surface area (Å²) in [6.45, 7) is 1.86. The zero-order valence-corrected chi connectivity index (χ0v) is 10.2. The van der Waals surface area contributed by atoms with E-state index in [1.165, 1.54) is 0 Å². The van der Waals surface area contributed by atoms with Crippen LogP contribution in [0.25, 0.3) is 0 Å². The average Bonchev–Trinajstić information content (AvgIpc) is 2.41. The number of hydrazine groups is 1. The fourth-order valence-electron chi connectivity index (χ4n) is 1.38. The Hall–Kier alpha value is -2.34. The standard InChI is InChI=1S/C12H14N4O2/c1-8-7-14-12(16-13)15-11(8)18-10-5-3-4-9(6-10)17-2/h3-7H,13H2,1-2H3,(H,14,15,16). The van der Waals surface area contributed by atoms with Crippen LogP contribution >= 0.6 is 0 Å². The second kappa shape index (κ2) is 5.33. The molecule has 1 aromatic heterocycles. The van der Waals surface area contributed by atoms with Crippen LogP contribution in [0.2, 0.25) is 0 Å². The Morgan fingerprint density at radius 2 is 2.06 bits per heavy atom. The third kappa shape index (κ3) is 2.67. The summed E-state index contributed by atoms with van der Waals surface area (Å²) in [5.74, 6) is 7.37. The molecule has 0 unspecified atom stereocenters. The van der Waals surface area contributed by atoms with E-state index in [9.17, 15) is 0 Å². The Morgan fingerprint density at radius 3 is 2.78 bits per heavy atom. The maximum Gasteiger partial charge on any atom is 0.240 e. The van der Waals surface area contributed by atoms with Crippen LogP contribution in [0, 0.1) is 6.92 Å². The molecule has 2 aromatic rings.